The highest BCUT2D eigenvalue weighted by Gasteiger charge is 2.73. The fourth-order valence-corrected chi connectivity index (χ4v) is 9.15. The van der Waals surface area contributed by atoms with E-state index in [1.165, 1.54) is 0 Å². The second-order valence-electron chi connectivity index (χ2n) is 11.8. The number of hydrogen-bond donors (Lipinski definition) is 1. The molecule has 1 aromatic rings. The Bertz CT molecular complexity index is 1150. The van der Waals surface area contributed by atoms with Gasteiger partial charge in [-0.05, 0) is 39.2 Å². The van der Waals surface area contributed by atoms with E-state index in [0.29, 0.717) is 26.2 Å². The minimum atomic E-state index is -0.794. The van der Waals surface area contributed by atoms with E-state index < -0.39 is 27.4 Å². The molecule has 39 heavy (non-hydrogen) atoms. The summed E-state index contributed by atoms with van der Waals surface area (Å²) in [6.45, 7) is 8.24. The van der Waals surface area contributed by atoms with Crippen molar-refractivity contribution < 1.29 is 19.5 Å². The zero-order valence-corrected chi connectivity index (χ0v) is 24.1. The second kappa shape index (κ2) is 11.1. The summed E-state index contributed by atoms with van der Waals surface area (Å²) >= 11 is 1.65. The van der Waals surface area contributed by atoms with Crippen LogP contribution in [0.15, 0.2) is 54.6 Å². The molecular formula is C31H41N3O4S. The number of aliphatic hydroxyl groups is 1. The van der Waals surface area contributed by atoms with E-state index in [4.69, 9.17) is 5.11 Å². The monoisotopic (exact) mass is 551 g/mol. The maximum atomic E-state index is 14.4. The second-order valence-corrected chi connectivity index (χ2v) is 13.6. The highest BCUT2D eigenvalue weighted by Crippen LogP contribution is 2.65. The normalized spacial score (nSPS) is 32.0. The Morgan fingerprint density at radius 3 is 2.36 bits per heavy atom. The van der Waals surface area contributed by atoms with Gasteiger partial charge in [-0.1, -0.05) is 67.5 Å². The van der Waals surface area contributed by atoms with Gasteiger partial charge in [-0.25, -0.2) is 0 Å². The van der Waals surface area contributed by atoms with Gasteiger partial charge < -0.3 is 19.8 Å². The molecule has 1 aromatic carbocycles. The summed E-state index contributed by atoms with van der Waals surface area (Å²) in [4.78, 5) is 48.4. The van der Waals surface area contributed by atoms with E-state index in [-0.39, 0.29) is 30.4 Å². The molecular weight excluding hydrogens is 510 g/mol. The Kier molecular flexibility index (Phi) is 7.98. The summed E-state index contributed by atoms with van der Waals surface area (Å²) in [6, 6.07) is 9.34. The quantitative estimate of drug-likeness (QED) is 0.375. The van der Waals surface area contributed by atoms with Crippen LogP contribution < -0.4 is 0 Å². The smallest absolute Gasteiger partial charge is 0.247 e. The molecule has 0 saturated carbocycles. The largest absolute Gasteiger partial charge is 0.396 e. The van der Waals surface area contributed by atoms with Crippen molar-refractivity contribution in [2.75, 3.05) is 26.2 Å². The number of benzene rings is 1. The molecule has 0 bridgehead atoms. The van der Waals surface area contributed by atoms with Crippen molar-refractivity contribution in [2.24, 2.45) is 11.8 Å². The van der Waals surface area contributed by atoms with E-state index in [9.17, 15) is 14.4 Å². The van der Waals surface area contributed by atoms with Crippen molar-refractivity contribution in [1.29, 1.82) is 0 Å². The van der Waals surface area contributed by atoms with Crippen molar-refractivity contribution in [1.82, 2.24) is 14.7 Å². The third-order valence-electron chi connectivity index (χ3n) is 8.82. The first kappa shape index (κ1) is 28.0. The van der Waals surface area contributed by atoms with Gasteiger partial charge in [-0.2, -0.15) is 0 Å². The van der Waals surface area contributed by atoms with E-state index in [2.05, 4.69) is 25.2 Å². The van der Waals surface area contributed by atoms with Crippen LogP contribution in [0, 0.1) is 11.8 Å². The molecule has 7 nitrogen and oxygen atoms in total. The van der Waals surface area contributed by atoms with Gasteiger partial charge >= 0.3 is 0 Å². The van der Waals surface area contributed by atoms with Crippen LogP contribution in [0.2, 0.25) is 0 Å². The van der Waals surface area contributed by atoms with Crippen LogP contribution in [0.1, 0.15) is 52.0 Å². The molecule has 1 unspecified atom stereocenters. The van der Waals surface area contributed by atoms with Crippen LogP contribution in [0.4, 0.5) is 0 Å². The summed E-state index contributed by atoms with van der Waals surface area (Å²) in [5, 5.41) is 9.16. The minimum Gasteiger partial charge on any atom is -0.396 e. The highest BCUT2D eigenvalue weighted by molar-refractivity contribution is 8.02. The summed E-state index contributed by atoms with van der Waals surface area (Å²) < 4.78 is -1.38. The number of carbonyl (C=O) groups excluding carboxylic acids is 3. The number of unbranched alkanes of at least 4 members (excludes halogenated alkanes) is 3. The van der Waals surface area contributed by atoms with Gasteiger partial charge in [0.05, 0.1) is 16.6 Å². The van der Waals surface area contributed by atoms with Gasteiger partial charge in [-0.15, -0.1) is 11.8 Å². The molecule has 2 fully saturated rings. The van der Waals surface area contributed by atoms with Crippen molar-refractivity contribution in [2.45, 2.75) is 74.6 Å². The van der Waals surface area contributed by atoms with Crippen LogP contribution in [0.3, 0.4) is 0 Å². The number of nitrogens with zero attached hydrogens (tertiary/aromatic N) is 3. The molecule has 0 aliphatic carbocycles. The Labute approximate surface area is 236 Å². The molecule has 4 aliphatic heterocycles. The lowest BCUT2D eigenvalue weighted by molar-refractivity contribution is -0.145. The van der Waals surface area contributed by atoms with Crippen LogP contribution in [-0.4, -0.2) is 85.3 Å². The number of fused-ring (bicyclic) bond motifs is 2. The molecule has 3 amide bonds. The number of hydrogen-bond acceptors (Lipinski definition) is 5. The Morgan fingerprint density at radius 1 is 0.923 bits per heavy atom. The molecule has 210 valence electrons. The topological polar surface area (TPSA) is 81.2 Å². The van der Waals surface area contributed by atoms with Crippen LogP contribution >= 0.6 is 11.8 Å². The maximum Gasteiger partial charge on any atom is 0.247 e. The van der Waals surface area contributed by atoms with Crippen molar-refractivity contribution >= 4 is 29.5 Å². The van der Waals surface area contributed by atoms with Gasteiger partial charge in [0.15, 0.2) is 0 Å². The molecule has 2 saturated heterocycles. The molecule has 8 heteroatoms. The van der Waals surface area contributed by atoms with Crippen molar-refractivity contribution in [3.63, 3.8) is 0 Å². The third-order valence-corrected chi connectivity index (χ3v) is 10.6. The Morgan fingerprint density at radius 2 is 1.64 bits per heavy atom. The highest BCUT2D eigenvalue weighted by atomic mass is 32.2. The number of likely N-dealkylation sites (tertiary alicyclic amines) is 1. The first-order valence-electron chi connectivity index (χ1n) is 14.3. The van der Waals surface area contributed by atoms with E-state index in [1.54, 1.807) is 16.7 Å². The molecule has 0 aromatic heterocycles. The maximum absolute atomic E-state index is 14.4. The average molecular weight is 552 g/mol. The minimum absolute atomic E-state index is 0.00761. The van der Waals surface area contributed by atoms with Crippen molar-refractivity contribution in [3.05, 3.63) is 60.2 Å². The summed E-state index contributed by atoms with van der Waals surface area (Å²) in [7, 11) is 0. The zero-order valence-electron chi connectivity index (χ0n) is 23.3. The third kappa shape index (κ3) is 4.84. The Hall–Kier alpha value is -2.58. The first-order chi connectivity index (χ1) is 18.7. The molecule has 4 heterocycles. The fraction of sp³-hybridized carbons (Fsp3) is 0.581. The van der Waals surface area contributed by atoms with Gasteiger partial charge in [0.1, 0.15) is 6.04 Å². The van der Waals surface area contributed by atoms with E-state index in [0.717, 1.165) is 31.2 Å². The van der Waals surface area contributed by atoms with Crippen molar-refractivity contribution in [3.8, 4) is 0 Å². The SMILES string of the molecule is CC(C)N1CC=C[C@]23S[C@@]4(C)C=CCN(Cc5ccccc5)C(=O)[C@H]4[C@H]2C(=O)N(CCCCCCO)C3C1=O. The number of thioether (sulfide) groups is 1. The molecule has 5 atom stereocenters. The lowest BCUT2D eigenvalue weighted by Crippen LogP contribution is -2.54. The molecule has 1 N–H and O–H groups in total. The predicted molar refractivity (Wildman–Crippen MR) is 154 cm³/mol. The molecule has 1 spiro atoms. The number of carbonyl (C=O) groups is 3. The first-order valence-corrected chi connectivity index (χ1v) is 15.2. The van der Waals surface area contributed by atoms with Gasteiger partial charge in [0.25, 0.3) is 0 Å². The molecule has 5 rings (SSSR count). The summed E-state index contributed by atoms with van der Waals surface area (Å²) in [6.07, 6.45) is 11.6. The van der Waals surface area contributed by atoms with Gasteiger partial charge in [-0.3, -0.25) is 14.4 Å². The number of rotatable bonds is 9. The predicted octanol–water partition coefficient (Wildman–Crippen LogP) is 3.63. The zero-order chi connectivity index (χ0) is 27.8. The van der Waals surface area contributed by atoms with Crippen LogP contribution in [0.5, 0.6) is 0 Å². The van der Waals surface area contributed by atoms with Crippen LogP contribution in [0.25, 0.3) is 0 Å². The number of amides is 3. The summed E-state index contributed by atoms with van der Waals surface area (Å²) in [5.74, 6) is -1.26. The van der Waals surface area contributed by atoms with E-state index in [1.807, 2.05) is 60.1 Å². The fourth-order valence-electron chi connectivity index (χ4n) is 6.99. The van der Waals surface area contributed by atoms with Gasteiger partial charge in [0, 0.05) is 43.6 Å². The molecule has 0 radical (unpaired) electrons. The summed E-state index contributed by atoms with van der Waals surface area (Å²) in [5.41, 5.74) is 1.06. The van der Waals surface area contributed by atoms with Gasteiger partial charge in [0.2, 0.25) is 17.7 Å². The lowest BCUT2D eigenvalue weighted by Gasteiger charge is -2.37. The Balaban J connectivity index is 1.52. The molecule has 4 aliphatic rings. The number of aliphatic hydroxyl groups excluding tert-OH is 1. The van der Waals surface area contributed by atoms with Crippen LogP contribution in [-0.2, 0) is 20.9 Å². The van der Waals surface area contributed by atoms with E-state index >= 15 is 0 Å². The average Bonchev–Trinajstić information content (AvgIpc) is 3.17. The lowest BCUT2D eigenvalue weighted by atomic mass is 9.74. The standard InChI is InChI=1S/C31H41N3O4S/c1-22(2)33-19-12-16-31-25(28(37)34(26(31)29(33)38)18-9-4-5-10-20-35)24-27(36)32(17-11-15-30(24,3)39-31)21-23-13-7-6-8-14-23/h6-8,11-16,22,24-26,35H,4-5,9-10,17-21H2,1-3H3/t24-,25+,26?,30+,31+/m1/s1.